The standard InChI is InChI=1S/C29H33NO6/c1-32-19-25-26(20-33-2)36-27(35-25)17-23-15-9-10-16-24(23)28(22-13-7-4-8-14-22)30-29(31)34-18-21-11-5-3-6-12-21/h3-16,25-28H,17-20H2,1-2H3,(H,30,31)/t25-,26-,28+/m0/s1. The third kappa shape index (κ3) is 6.92. The van der Waals surface area contributed by atoms with Crippen molar-refractivity contribution >= 4 is 6.09 Å². The lowest BCUT2D eigenvalue weighted by molar-refractivity contribution is -0.0753. The van der Waals surface area contributed by atoms with Crippen molar-refractivity contribution in [3.63, 3.8) is 0 Å². The lowest BCUT2D eigenvalue weighted by Crippen LogP contribution is -2.31. The second-order valence-electron chi connectivity index (χ2n) is 8.64. The van der Waals surface area contributed by atoms with Gasteiger partial charge in [0.1, 0.15) is 18.8 Å². The smallest absolute Gasteiger partial charge is 0.408 e. The molecule has 7 heteroatoms. The van der Waals surface area contributed by atoms with Crippen molar-refractivity contribution < 1.29 is 28.5 Å². The first-order valence-corrected chi connectivity index (χ1v) is 12.1. The van der Waals surface area contributed by atoms with Gasteiger partial charge in [0.25, 0.3) is 0 Å². The van der Waals surface area contributed by atoms with E-state index < -0.39 is 18.4 Å². The Morgan fingerprint density at radius 3 is 2.06 bits per heavy atom. The van der Waals surface area contributed by atoms with Crippen LogP contribution in [0.2, 0.25) is 0 Å². The van der Waals surface area contributed by atoms with Gasteiger partial charge in [0.05, 0.1) is 19.3 Å². The van der Waals surface area contributed by atoms with Crippen molar-refractivity contribution in [2.24, 2.45) is 0 Å². The molecular formula is C29H33NO6. The second-order valence-corrected chi connectivity index (χ2v) is 8.64. The molecule has 1 N–H and O–H groups in total. The Kier molecular flexibility index (Phi) is 9.47. The fraction of sp³-hybridized carbons (Fsp3) is 0.345. The zero-order valence-electron chi connectivity index (χ0n) is 20.7. The fourth-order valence-corrected chi connectivity index (χ4v) is 4.37. The van der Waals surface area contributed by atoms with Crippen LogP contribution in [0.1, 0.15) is 28.3 Å². The molecule has 190 valence electrons. The summed E-state index contributed by atoms with van der Waals surface area (Å²) in [6.07, 6.45) is -0.837. The molecule has 0 saturated carbocycles. The van der Waals surface area contributed by atoms with Crippen molar-refractivity contribution in [1.82, 2.24) is 5.32 Å². The highest BCUT2D eigenvalue weighted by Crippen LogP contribution is 2.29. The molecule has 0 aliphatic carbocycles. The van der Waals surface area contributed by atoms with Crippen LogP contribution < -0.4 is 5.32 Å². The SMILES string of the molecule is COC[C@@H]1OC(Cc2ccccc2[C@H](NC(=O)OCc2ccccc2)c2ccccc2)O[C@H]1COC. The Morgan fingerprint density at radius 2 is 1.42 bits per heavy atom. The van der Waals surface area contributed by atoms with Crippen LogP contribution in [0.25, 0.3) is 0 Å². The number of hydrogen-bond acceptors (Lipinski definition) is 6. The van der Waals surface area contributed by atoms with Crippen LogP contribution in [0.5, 0.6) is 0 Å². The number of hydrogen-bond donors (Lipinski definition) is 1. The van der Waals surface area contributed by atoms with E-state index in [1.807, 2.05) is 84.9 Å². The molecule has 7 nitrogen and oxygen atoms in total. The first-order chi connectivity index (χ1) is 17.7. The van der Waals surface area contributed by atoms with Gasteiger partial charge in [-0.2, -0.15) is 0 Å². The number of amides is 1. The van der Waals surface area contributed by atoms with Gasteiger partial charge in [-0.1, -0.05) is 84.9 Å². The Hall–Kier alpha value is -3.23. The molecule has 0 bridgehead atoms. The predicted molar refractivity (Wildman–Crippen MR) is 135 cm³/mol. The monoisotopic (exact) mass is 491 g/mol. The highest BCUT2D eigenvalue weighted by Gasteiger charge is 2.36. The Labute approximate surface area is 212 Å². The molecule has 3 aromatic carbocycles. The van der Waals surface area contributed by atoms with Crippen molar-refractivity contribution in [2.75, 3.05) is 27.4 Å². The normalized spacial score (nSPS) is 18.6. The molecule has 1 amide bonds. The summed E-state index contributed by atoms with van der Waals surface area (Å²) < 4.78 is 28.4. The second kappa shape index (κ2) is 13.2. The summed E-state index contributed by atoms with van der Waals surface area (Å²) in [5.41, 5.74) is 3.83. The van der Waals surface area contributed by atoms with E-state index in [0.29, 0.717) is 19.6 Å². The Morgan fingerprint density at radius 1 is 0.833 bits per heavy atom. The van der Waals surface area contributed by atoms with Crippen LogP contribution in [0.3, 0.4) is 0 Å². The van der Waals surface area contributed by atoms with Crippen molar-refractivity contribution in [3.05, 3.63) is 107 Å². The molecular weight excluding hydrogens is 458 g/mol. The maximum Gasteiger partial charge on any atom is 0.408 e. The largest absolute Gasteiger partial charge is 0.445 e. The first-order valence-electron chi connectivity index (χ1n) is 12.1. The minimum atomic E-state index is -0.490. The van der Waals surface area contributed by atoms with Crippen LogP contribution in [0, 0.1) is 0 Å². The summed E-state index contributed by atoms with van der Waals surface area (Å²) in [5.74, 6) is 0. The van der Waals surface area contributed by atoms with E-state index in [9.17, 15) is 4.79 Å². The Balaban J connectivity index is 1.52. The molecule has 1 aliphatic rings. The van der Waals surface area contributed by atoms with Crippen molar-refractivity contribution in [3.8, 4) is 0 Å². The third-order valence-corrected chi connectivity index (χ3v) is 6.09. The van der Waals surface area contributed by atoms with E-state index in [2.05, 4.69) is 5.32 Å². The minimum Gasteiger partial charge on any atom is -0.445 e. The summed E-state index contributed by atoms with van der Waals surface area (Å²) in [6, 6.07) is 27.0. The van der Waals surface area contributed by atoms with Gasteiger partial charge < -0.3 is 29.0 Å². The summed E-state index contributed by atoms with van der Waals surface area (Å²) >= 11 is 0. The van der Waals surface area contributed by atoms with Crippen LogP contribution >= 0.6 is 0 Å². The highest BCUT2D eigenvalue weighted by molar-refractivity contribution is 5.69. The van der Waals surface area contributed by atoms with Gasteiger partial charge in [0.2, 0.25) is 0 Å². The minimum absolute atomic E-state index is 0.196. The molecule has 1 aliphatic heterocycles. The molecule has 1 fully saturated rings. The van der Waals surface area contributed by atoms with Crippen LogP contribution in [0.4, 0.5) is 4.79 Å². The molecule has 3 aromatic rings. The topological polar surface area (TPSA) is 75.3 Å². The number of methoxy groups -OCH3 is 2. The molecule has 0 spiro atoms. The number of benzene rings is 3. The van der Waals surface area contributed by atoms with Gasteiger partial charge in [-0.3, -0.25) is 0 Å². The molecule has 4 rings (SSSR count). The van der Waals surface area contributed by atoms with Crippen molar-refractivity contribution in [2.45, 2.75) is 37.6 Å². The predicted octanol–water partition coefficient (Wildman–Crippen LogP) is 4.65. The molecule has 1 heterocycles. The van der Waals surface area contributed by atoms with Gasteiger partial charge in [0, 0.05) is 20.6 Å². The number of rotatable bonds is 11. The average Bonchev–Trinajstić information content (AvgIpc) is 3.28. The highest BCUT2D eigenvalue weighted by atomic mass is 16.7. The molecule has 0 unspecified atom stereocenters. The summed E-state index contributed by atoms with van der Waals surface area (Å²) in [5, 5.41) is 3.06. The lowest BCUT2D eigenvalue weighted by Gasteiger charge is -2.23. The molecule has 3 atom stereocenters. The lowest BCUT2D eigenvalue weighted by atomic mass is 9.93. The average molecular weight is 492 g/mol. The molecule has 36 heavy (non-hydrogen) atoms. The summed E-state index contributed by atoms with van der Waals surface area (Å²) in [4.78, 5) is 12.8. The van der Waals surface area contributed by atoms with E-state index in [1.165, 1.54) is 0 Å². The summed E-state index contributed by atoms with van der Waals surface area (Å²) in [6.45, 7) is 1.04. The number of carbonyl (C=O) groups is 1. The van der Waals surface area contributed by atoms with E-state index in [1.54, 1.807) is 14.2 Å². The zero-order chi connectivity index (χ0) is 25.2. The maximum absolute atomic E-state index is 12.8. The van der Waals surface area contributed by atoms with Gasteiger partial charge in [-0.25, -0.2) is 4.79 Å². The molecule has 0 aromatic heterocycles. The van der Waals surface area contributed by atoms with Crippen LogP contribution in [-0.2, 0) is 36.7 Å². The Bertz CT molecular complexity index is 1060. The van der Waals surface area contributed by atoms with E-state index >= 15 is 0 Å². The quantitative estimate of drug-likeness (QED) is 0.421. The number of ether oxygens (including phenoxy) is 5. The number of carbonyl (C=O) groups excluding carboxylic acids is 1. The van der Waals surface area contributed by atoms with Crippen LogP contribution in [0.15, 0.2) is 84.9 Å². The van der Waals surface area contributed by atoms with Crippen LogP contribution in [-0.4, -0.2) is 52.0 Å². The molecule has 1 saturated heterocycles. The van der Waals surface area contributed by atoms with Gasteiger partial charge >= 0.3 is 6.09 Å². The maximum atomic E-state index is 12.8. The first kappa shape index (κ1) is 25.9. The van der Waals surface area contributed by atoms with E-state index in [0.717, 1.165) is 22.3 Å². The van der Waals surface area contributed by atoms with E-state index in [-0.39, 0.29) is 18.8 Å². The van der Waals surface area contributed by atoms with Crippen molar-refractivity contribution in [1.29, 1.82) is 0 Å². The fourth-order valence-electron chi connectivity index (χ4n) is 4.37. The van der Waals surface area contributed by atoms with Gasteiger partial charge in [-0.05, 0) is 22.3 Å². The van der Waals surface area contributed by atoms with E-state index in [4.69, 9.17) is 23.7 Å². The molecule has 0 radical (unpaired) electrons. The van der Waals surface area contributed by atoms with Gasteiger partial charge in [-0.15, -0.1) is 0 Å². The number of alkyl carbamates (subject to hydrolysis) is 1. The zero-order valence-corrected chi connectivity index (χ0v) is 20.7. The number of nitrogens with one attached hydrogen (secondary N) is 1. The third-order valence-electron chi connectivity index (χ3n) is 6.09. The van der Waals surface area contributed by atoms with Gasteiger partial charge in [0.15, 0.2) is 6.29 Å². The summed E-state index contributed by atoms with van der Waals surface area (Å²) in [7, 11) is 3.28.